The van der Waals surface area contributed by atoms with Gasteiger partial charge in [0.2, 0.25) is 0 Å². The molecule has 1 amide bonds. The molecule has 0 heterocycles. The molecule has 6 heteroatoms. The highest BCUT2D eigenvalue weighted by molar-refractivity contribution is 5.86. The molecule has 0 aliphatic heterocycles. The lowest BCUT2D eigenvalue weighted by Crippen LogP contribution is -2.25. The number of carbonyl (C=O) groups excluding carboxylic acids is 1. The second kappa shape index (κ2) is 8.63. The zero-order valence-corrected chi connectivity index (χ0v) is 12.1. The average molecular weight is 293 g/mol. The zero-order chi connectivity index (χ0) is 15.7. The smallest absolute Gasteiger partial charge is 0.328 e. The summed E-state index contributed by atoms with van der Waals surface area (Å²) in [7, 11) is 1.51. The molecule has 6 nitrogen and oxygen atoms in total. The Morgan fingerprint density at radius 3 is 2.71 bits per heavy atom. The quantitative estimate of drug-likeness (QED) is 0.713. The normalized spacial score (nSPS) is 10.4. The van der Waals surface area contributed by atoms with E-state index >= 15 is 0 Å². The van der Waals surface area contributed by atoms with Crippen molar-refractivity contribution in [2.45, 2.75) is 13.3 Å². The number of hydrogen-bond donors (Lipinski definition) is 2. The highest BCUT2D eigenvalue weighted by Crippen LogP contribution is 2.26. The van der Waals surface area contributed by atoms with Crippen LogP contribution >= 0.6 is 0 Å². The van der Waals surface area contributed by atoms with E-state index in [9.17, 15) is 9.59 Å². The van der Waals surface area contributed by atoms with Gasteiger partial charge < -0.3 is 19.9 Å². The molecular formula is C15H19NO5. The summed E-state index contributed by atoms with van der Waals surface area (Å²) in [6.07, 6.45) is 3.29. The van der Waals surface area contributed by atoms with Gasteiger partial charge in [-0.1, -0.05) is 6.92 Å². The number of carboxylic acid groups (broad SMARTS) is 1. The van der Waals surface area contributed by atoms with Gasteiger partial charge in [-0.05, 0) is 24.6 Å². The summed E-state index contributed by atoms with van der Waals surface area (Å²) in [5.74, 6) is -0.331. The Morgan fingerprint density at radius 2 is 2.10 bits per heavy atom. The Kier molecular flexibility index (Phi) is 6.80. The number of aliphatic carboxylic acids is 1. The lowest BCUT2D eigenvalue weighted by molar-refractivity contribution is -0.131. The first-order valence-corrected chi connectivity index (χ1v) is 6.58. The average Bonchev–Trinajstić information content (AvgIpc) is 2.49. The Labute approximate surface area is 123 Å². The van der Waals surface area contributed by atoms with E-state index in [1.807, 2.05) is 6.92 Å². The van der Waals surface area contributed by atoms with Gasteiger partial charge in [-0.2, -0.15) is 0 Å². The van der Waals surface area contributed by atoms with Gasteiger partial charge in [-0.3, -0.25) is 4.79 Å². The first-order valence-electron chi connectivity index (χ1n) is 6.58. The van der Waals surface area contributed by atoms with E-state index in [0.717, 1.165) is 12.5 Å². The second-order valence-corrected chi connectivity index (χ2v) is 4.18. The van der Waals surface area contributed by atoms with Crippen molar-refractivity contribution >= 4 is 18.0 Å². The fourth-order valence-corrected chi connectivity index (χ4v) is 1.46. The second-order valence-electron chi connectivity index (χ2n) is 4.18. The molecule has 1 aromatic carbocycles. The van der Waals surface area contributed by atoms with E-state index in [1.54, 1.807) is 18.2 Å². The number of ether oxygens (including phenoxy) is 2. The molecule has 0 atom stereocenters. The van der Waals surface area contributed by atoms with E-state index in [0.29, 0.717) is 23.7 Å². The molecule has 0 bridgehead atoms. The van der Waals surface area contributed by atoms with Crippen molar-refractivity contribution in [3.63, 3.8) is 0 Å². The highest BCUT2D eigenvalue weighted by atomic mass is 16.5. The van der Waals surface area contributed by atoms with E-state index in [4.69, 9.17) is 14.6 Å². The van der Waals surface area contributed by atoms with Crippen molar-refractivity contribution in [2.24, 2.45) is 0 Å². The number of nitrogens with one attached hydrogen (secondary N) is 1. The molecule has 2 N–H and O–H groups in total. The minimum Gasteiger partial charge on any atom is -0.493 e. The molecule has 0 fully saturated rings. The maximum atomic E-state index is 11.2. The van der Waals surface area contributed by atoms with Crippen LogP contribution in [0.15, 0.2) is 24.3 Å². The van der Waals surface area contributed by atoms with Crippen molar-refractivity contribution < 1.29 is 24.2 Å². The largest absolute Gasteiger partial charge is 0.493 e. The number of amides is 1. The molecule has 0 aliphatic rings. The minimum absolute atomic E-state index is 0.151. The predicted octanol–water partition coefficient (Wildman–Crippen LogP) is 1.70. The van der Waals surface area contributed by atoms with E-state index < -0.39 is 5.97 Å². The standard InChI is InChI=1S/C15H19NO5/c1-3-8-20-12-6-4-11(5-7-15(18)19)13(9-12)21-10-14(17)16-2/h4-7,9H,3,8,10H2,1-2H3,(H,16,17)(H,18,19)/b7-5+. The molecule has 0 aromatic heterocycles. The van der Waals surface area contributed by atoms with Crippen LogP contribution in [0.1, 0.15) is 18.9 Å². The Bertz CT molecular complexity index is 525. The summed E-state index contributed by atoms with van der Waals surface area (Å²) in [5.41, 5.74) is 0.560. The summed E-state index contributed by atoms with van der Waals surface area (Å²) in [4.78, 5) is 21.8. The number of benzene rings is 1. The van der Waals surface area contributed by atoms with Crippen LogP contribution in [0.5, 0.6) is 11.5 Å². The lowest BCUT2D eigenvalue weighted by Gasteiger charge is -2.11. The van der Waals surface area contributed by atoms with Crippen molar-refractivity contribution in [3.8, 4) is 11.5 Å². The predicted molar refractivity (Wildman–Crippen MR) is 78.5 cm³/mol. The van der Waals surface area contributed by atoms with Gasteiger partial charge in [-0.15, -0.1) is 0 Å². The number of carbonyl (C=O) groups is 2. The van der Waals surface area contributed by atoms with Gasteiger partial charge in [0.05, 0.1) is 6.61 Å². The molecule has 0 spiro atoms. The fraction of sp³-hybridized carbons (Fsp3) is 0.333. The molecule has 114 valence electrons. The van der Waals surface area contributed by atoms with E-state index in [2.05, 4.69) is 5.32 Å². The number of carboxylic acids is 1. The molecule has 21 heavy (non-hydrogen) atoms. The first kappa shape index (κ1) is 16.6. The van der Waals surface area contributed by atoms with Gasteiger partial charge in [0.25, 0.3) is 5.91 Å². The maximum absolute atomic E-state index is 11.2. The van der Waals surface area contributed by atoms with Crippen molar-refractivity contribution in [1.82, 2.24) is 5.32 Å². The summed E-state index contributed by atoms with van der Waals surface area (Å²) in [5, 5.41) is 11.1. The Morgan fingerprint density at radius 1 is 1.33 bits per heavy atom. The molecule has 0 radical (unpaired) electrons. The summed E-state index contributed by atoms with van der Waals surface area (Å²) in [6, 6.07) is 5.05. The number of likely N-dealkylation sites (N-methyl/N-ethyl adjacent to an activating group) is 1. The number of rotatable bonds is 8. The van der Waals surface area contributed by atoms with E-state index in [1.165, 1.54) is 13.1 Å². The molecule has 0 aliphatic carbocycles. The van der Waals surface area contributed by atoms with Crippen LogP contribution in [0.4, 0.5) is 0 Å². The van der Waals surface area contributed by atoms with Crippen LogP contribution in [0, 0.1) is 0 Å². The van der Waals surface area contributed by atoms with Gasteiger partial charge in [-0.25, -0.2) is 4.79 Å². The van der Waals surface area contributed by atoms with Crippen LogP contribution in [0.25, 0.3) is 6.08 Å². The van der Waals surface area contributed by atoms with Gasteiger partial charge in [0, 0.05) is 24.8 Å². The fourth-order valence-electron chi connectivity index (χ4n) is 1.46. The third kappa shape index (κ3) is 5.99. The van der Waals surface area contributed by atoms with Crippen molar-refractivity contribution in [2.75, 3.05) is 20.3 Å². The summed E-state index contributed by atoms with van der Waals surface area (Å²) < 4.78 is 10.9. The third-order valence-corrected chi connectivity index (χ3v) is 2.50. The molecular weight excluding hydrogens is 274 g/mol. The van der Waals surface area contributed by atoms with Crippen LogP contribution in [-0.4, -0.2) is 37.2 Å². The SMILES string of the molecule is CCCOc1ccc(/C=C/C(=O)O)c(OCC(=O)NC)c1. The van der Waals surface area contributed by atoms with Crippen LogP contribution in [-0.2, 0) is 9.59 Å². The van der Waals surface area contributed by atoms with Crippen molar-refractivity contribution in [1.29, 1.82) is 0 Å². The first-order chi connectivity index (χ1) is 10.1. The molecule has 1 rings (SSSR count). The molecule has 0 saturated carbocycles. The summed E-state index contributed by atoms with van der Waals surface area (Å²) >= 11 is 0. The third-order valence-electron chi connectivity index (χ3n) is 2.50. The monoisotopic (exact) mass is 293 g/mol. The van der Waals surface area contributed by atoms with E-state index in [-0.39, 0.29) is 12.5 Å². The van der Waals surface area contributed by atoms with Gasteiger partial charge in [0.15, 0.2) is 6.61 Å². The minimum atomic E-state index is -1.06. The van der Waals surface area contributed by atoms with Gasteiger partial charge in [0.1, 0.15) is 11.5 Å². The highest BCUT2D eigenvalue weighted by Gasteiger charge is 2.07. The maximum Gasteiger partial charge on any atom is 0.328 e. The number of hydrogen-bond acceptors (Lipinski definition) is 4. The van der Waals surface area contributed by atoms with Crippen molar-refractivity contribution in [3.05, 3.63) is 29.8 Å². The lowest BCUT2D eigenvalue weighted by atomic mass is 10.1. The van der Waals surface area contributed by atoms with Crippen LogP contribution in [0.3, 0.4) is 0 Å². The molecule has 0 saturated heterocycles. The zero-order valence-electron chi connectivity index (χ0n) is 12.1. The van der Waals surface area contributed by atoms with Crippen LogP contribution < -0.4 is 14.8 Å². The molecule has 1 aromatic rings. The summed E-state index contributed by atoms with van der Waals surface area (Å²) in [6.45, 7) is 2.41. The van der Waals surface area contributed by atoms with Gasteiger partial charge >= 0.3 is 5.97 Å². The Hall–Kier alpha value is -2.50. The molecule has 0 unspecified atom stereocenters. The topological polar surface area (TPSA) is 84.9 Å². The van der Waals surface area contributed by atoms with Crippen LogP contribution in [0.2, 0.25) is 0 Å². The Balaban J connectivity index is 2.94.